The Bertz CT molecular complexity index is 366. The van der Waals surface area contributed by atoms with Gasteiger partial charge in [0, 0.05) is 12.6 Å². The molecule has 2 heterocycles. The maximum Gasteiger partial charge on any atom is 0.153 e. The van der Waals surface area contributed by atoms with Crippen molar-refractivity contribution in [2.24, 2.45) is 0 Å². The van der Waals surface area contributed by atoms with Crippen LogP contribution < -0.4 is 11.1 Å². The first-order chi connectivity index (χ1) is 8.24. The van der Waals surface area contributed by atoms with Crippen molar-refractivity contribution in [1.82, 2.24) is 9.27 Å². The number of nitrogen functional groups attached to an aromatic ring is 1. The van der Waals surface area contributed by atoms with E-state index in [-0.39, 0.29) is 0 Å². The molecule has 1 fully saturated rings. The molecule has 1 aliphatic rings. The lowest BCUT2D eigenvalue weighted by atomic mass is 10.1. The molecular weight excluding hydrogens is 252 g/mol. The van der Waals surface area contributed by atoms with Crippen LogP contribution in [0.15, 0.2) is 4.90 Å². The molecule has 2 rings (SSSR count). The first kappa shape index (κ1) is 13.0. The highest BCUT2D eigenvalue weighted by molar-refractivity contribution is 7.99. The molecule has 1 atom stereocenters. The second-order valence-electron chi connectivity index (χ2n) is 4.31. The fourth-order valence-electron chi connectivity index (χ4n) is 2.23. The number of hydrogen-bond donors (Lipinski definition) is 2. The molecule has 0 spiro atoms. The van der Waals surface area contributed by atoms with E-state index in [0.717, 1.165) is 23.0 Å². The smallest absolute Gasteiger partial charge is 0.153 e. The van der Waals surface area contributed by atoms with Gasteiger partial charge in [-0.15, -0.1) is 11.8 Å². The summed E-state index contributed by atoms with van der Waals surface area (Å²) in [6, 6.07) is 0.537. The summed E-state index contributed by atoms with van der Waals surface area (Å²) in [5.41, 5.74) is 5.84. The molecule has 0 radical (unpaired) electrons. The molecule has 0 amide bonds. The summed E-state index contributed by atoms with van der Waals surface area (Å²) in [5, 5.41) is 4.74. The van der Waals surface area contributed by atoms with Crippen molar-refractivity contribution >= 4 is 34.1 Å². The predicted molar refractivity (Wildman–Crippen MR) is 77.1 cm³/mol. The van der Waals surface area contributed by atoms with Gasteiger partial charge in [0.2, 0.25) is 0 Å². The van der Waals surface area contributed by atoms with Crippen molar-refractivity contribution in [3.05, 3.63) is 0 Å². The van der Waals surface area contributed by atoms with E-state index in [1.54, 1.807) is 11.8 Å². The van der Waals surface area contributed by atoms with Crippen molar-refractivity contribution in [2.45, 2.75) is 30.7 Å². The Hall–Kier alpha value is -0.460. The number of thioether (sulfide) groups is 1. The lowest BCUT2D eigenvalue weighted by Gasteiger charge is -2.32. The van der Waals surface area contributed by atoms with Gasteiger partial charge in [0.1, 0.15) is 5.00 Å². The number of nitrogens with two attached hydrogens (primary N) is 1. The Morgan fingerprint density at radius 3 is 3.18 bits per heavy atom. The van der Waals surface area contributed by atoms with Crippen LogP contribution in [0, 0.1) is 0 Å². The molecule has 0 bridgehead atoms. The molecule has 1 aromatic heterocycles. The SMILES string of the molecule is CCN1CCCC(Nc2snc(N)c2SC)C1. The molecular formula is C11H20N4S2. The molecule has 1 saturated heterocycles. The molecule has 0 aliphatic carbocycles. The summed E-state index contributed by atoms with van der Waals surface area (Å²) in [5.74, 6) is 0.660. The number of hydrogen-bond acceptors (Lipinski definition) is 6. The minimum atomic E-state index is 0.537. The van der Waals surface area contributed by atoms with Crippen LogP contribution in [0.5, 0.6) is 0 Å². The van der Waals surface area contributed by atoms with Crippen molar-refractivity contribution in [3.63, 3.8) is 0 Å². The van der Waals surface area contributed by atoms with Crippen molar-refractivity contribution in [1.29, 1.82) is 0 Å². The number of likely N-dealkylation sites (N-methyl/N-ethyl adjacent to an activating group) is 1. The van der Waals surface area contributed by atoms with Crippen LogP contribution >= 0.6 is 23.3 Å². The lowest BCUT2D eigenvalue weighted by Crippen LogP contribution is -2.41. The highest BCUT2D eigenvalue weighted by Crippen LogP contribution is 2.35. The summed E-state index contributed by atoms with van der Waals surface area (Å²) < 4.78 is 4.21. The maximum atomic E-state index is 5.84. The second kappa shape index (κ2) is 5.93. The molecule has 6 heteroatoms. The number of aromatic nitrogens is 1. The third kappa shape index (κ3) is 3.05. The molecule has 1 unspecified atom stereocenters. The maximum absolute atomic E-state index is 5.84. The number of anilines is 2. The van der Waals surface area contributed by atoms with E-state index in [0.29, 0.717) is 11.9 Å². The van der Waals surface area contributed by atoms with Gasteiger partial charge >= 0.3 is 0 Å². The standard InChI is InChI=1S/C11H20N4S2/c1-3-15-6-4-5-8(7-15)13-11-9(16-2)10(12)14-17-11/h8,13H,3-7H2,1-2H3,(H2,12,14). The van der Waals surface area contributed by atoms with Gasteiger partial charge in [-0.3, -0.25) is 0 Å². The monoisotopic (exact) mass is 272 g/mol. The quantitative estimate of drug-likeness (QED) is 0.824. The van der Waals surface area contributed by atoms with Gasteiger partial charge in [0.05, 0.1) is 4.90 Å². The molecule has 3 N–H and O–H groups in total. The topological polar surface area (TPSA) is 54.2 Å². The Kier molecular flexibility index (Phi) is 4.53. The van der Waals surface area contributed by atoms with Crippen LogP contribution in [0.3, 0.4) is 0 Å². The number of nitrogens with one attached hydrogen (secondary N) is 1. The van der Waals surface area contributed by atoms with E-state index in [4.69, 9.17) is 5.73 Å². The highest BCUT2D eigenvalue weighted by Gasteiger charge is 2.20. The van der Waals surface area contributed by atoms with Crippen molar-refractivity contribution < 1.29 is 0 Å². The Morgan fingerprint density at radius 1 is 1.65 bits per heavy atom. The third-order valence-electron chi connectivity index (χ3n) is 3.17. The molecule has 4 nitrogen and oxygen atoms in total. The Morgan fingerprint density at radius 2 is 2.47 bits per heavy atom. The predicted octanol–water partition coefficient (Wildman–Crippen LogP) is 2.34. The number of nitrogens with zero attached hydrogens (tertiary/aromatic N) is 2. The summed E-state index contributed by atoms with van der Waals surface area (Å²) in [4.78, 5) is 3.59. The van der Waals surface area contributed by atoms with Crippen LogP contribution in [0.1, 0.15) is 19.8 Å². The second-order valence-corrected chi connectivity index (χ2v) is 5.90. The normalized spacial score (nSPS) is 21.6. The van der Waals surface area contributed by atoms with Crippen molar-refractivity contribution in [2.75, 3.05) is 36.9 Å². The number of piperidine rings is 1. The fourth-order valence-corrected chi connectivity index (χ4v) is 3.84. The largest absolute Gasteiger partial charge is 0.382 e. The zero-order valence-corrected chi connectivity index (χ0v) is 12.0. The Labute approximate surface area is 111 Å². The first-order valence-corrected chi connectivity index (χ1v) is 8.02. The molecule has 1 aliphatic heterocycles. The van der Waals surface area contributed by atoms with Gasteiger partial charge in [-0.1, -0.05) is 6.92 Å². The first-order valence-electron chi connectivity index (χ1n) is 6.02. The van der Waals surface area contributed by atoms with E-state index in [1.807, 2.05) is 6.26 Å². The zero-order chi connectivity index (χ0) is 12.3. The van der Waals surface area contributed by atoms with E-state index in [1.165, 1.54) is 30.9 Å². The van der Waals surface area contributed by atoms with Gasteiger partial charge in [-0.25, -0.2) is 0 Å². The molecule has 96 valence electrons. The molecule has 0 saturated carbocycles. The minimum Gasteiger partial charge on any atom is -0.382 e. The lowest BCUT2D eigenvalue weighted by molar-refractivity contribution is 0.227. The summed E-state index contributed by atoms with van der Waals surface area (Å²) in [6.07, 6.45) is 4.56. The van der Waals surface area contributed by atoms with Gasteiger partial charge in [0.25, 0.3) is 0 Å². The van der Waals surface area contributed by atoms with Crippen LogP contribution in [0.4, 0.5) is 10.8 Å². The molecule has 1 aromatic rings. The van der Waals surface area contributed by atoms with Crippen LogP contribution in [0.2, 0.25) is 0 Å². The number of rotatable bonds is 4. The average Bonchev–Trinajstić information content (AvgIpc) is 2.70. The third-order valence-corrected chi connectivity index (χ3v) is 4.91. The van der Waals surface area contributed by atoms with Crippen LogP contribution in [-0.2, 0) is 0 Å². The minimum absolute atomic E-state index is 0.537. The van der Waals surface area contributed by atoms with E-state index >= 15 is 0 Å². The van der Waals surface area contributed by atoms with E-state index in [2.05, 4.69) is 21.5 Å². The Balaban J connectivity index is 2.00. The van der Waals surface area contributed by atoms with E-state index in [9.17, 15) is 0 Å². The van der Waals surface area contributed by atoms with Crippen LogP contribution in [0.25, 0.3) is 0 Å². The van der Waals surface area contributed by atoms with Gasteiger partial charge in [0.15, 0.2) is 5.82 Å². The summed E-state index contributed by atoms with van der Waals surface area (Å²) >= 11 is 3.15. The summed E-state index contributed by atoms with van der Waals surface area (Å²) in [6.45, 7) is 5.72. The molecule has 17 heavy (non-hydrogen) atoms. The highest BCUT2D eigenvalue weighted by atomic mass is 32.2. The van der Waals surface area contributed by atoms with E-state index < -0.39 is 0 Å². The average molecular weight is 272 g/mol. The van der Waals surface area contributed by atoms with Gasteiger partial charge < -0.3 is 16.0 Å². The van der Waals surface area contributed by atoms with Gasteiger partial charge in [-0.2, -0.15) is 4.37 Å². The zero-order valence-electron chi connectivity index (χ0n) is 10.4. The fraction of sp³-hybridized carbons (Fsp3) is 0.727. The summed E-state index contributed by atoms with van der Waals surface area (Å²) in [7, 11) is 0. The molecule has 0 aromatic carbocycles. The number of likely N-dealkylation sites (tertiary alicyclic amines) is 1. The van der Waals surface area contributed by atoms with Crippen LogP contribution in [-0.4, -0.2) is 41.2 Å². The van der Waals surface area contributed by atoms with Gasteiger partial charge in [-0.05, 0) is 43.7 Å². The van der Waals surface area contributed by atoms with Crippen molar-refractivity contribution in [3.8, 4) is 0 Å².